The standard InChI is InChI=1S/C17H38NO.ClH.H2O/c1-5-6-7-8-9-10-11-12-13-14-16-19-17-15-18(2,3)4;;/h5-17H2,1-4H3;1H;1H2/q+1;;/p-1. The van der Waals surface area contributed by atoms with Crippen molar-refractivity contribution in [2.75, 3.05) is 40.9 Å². The lowest BCUT2D eigenvalue weighted by atomic mass is 10.1. The Morgan fingerprint density at radius 1 is 0.667 bits per heavy atom. The van der Waals surface area contributed by atoms with Gasteiger partial charge in [-0.25, -0.2) is 0 Å². The molecule has 0 aliphatic rings. The lowest BCUT2D eigenvalue weighted by Crippen LogP contribution is -3.00. The quantitative estimate of drug-likeness (QED) is 0.344. The van der Waals surface area contributed by atoms with E-state index in [2.05, 4.69) is 28.1 Å². The zero-order valence-electron chi connectivity index (χ0n) is 14.9. The molecule has 0 radical (unpaired) electrons. The van der Waals surface area contributed by atoms with Gasteiger partial charge in [0.15, 0.2) is 0 Å². The minimum atomic E-state index is 0. The highest BCUT2D eigenvalue weighted by atomic mass is 35.5. The van der Waals surface area contributed by atoms with E-state index in [9.17, 15) is 0 Å². The van der Waals surface area contributed by atoms with E-state index in [0.29, 0.717) is 0 Å². The third-order valence-electron chi connectivity index (χ3n) is 3.55. The second-order valence-electron chi connectivity index (χ2n) is 6.81. The van der Waals surface area contributed by atoms with Crippen molar-refractivity contribution in [3.8, 4) is 0 Å². The van der Waals surface area contributed by atoms with Gasteiger partial charge >= 0.3 is 0 Å². The molecule has 0 aliphatic heterocycles. The Kier molecular flexibility index (Phi) is 22.6. The average Bonchev–Trinajstić information content (AvgIpc) is 2.34. The molecule has 0 unspecified atom stereocenters. The van der Waals surface area contributed by atoms with Crippen molar-refractivity contribution in [3.05, 3.63) is 0 Å². The van der Waals surface area contributed by atoms with Crippen molar-refractivity contribution in [2.45, 2.75) is 71.1 Å². The Balaban J connectivity index is -0.00000162. The molecule has 0 spiro atoms. The van der Waals surface area contributed by atoms with Gasteiger partial charge in [0.05, 0.1) is 27.7 Å². The molecular formula is C17H40ClNO2. The van der Waals surface area contributed by atoms with Crippen LogP contribution in [-0.2, 0) is 4.74 Å². The van der Waals surface area contributed by atoms with E-state index in [1.807, 2.05) is 0 Å². The predicted molar refractivity (Wildman–Crippen MR) is 89.2 cm³/mol. The Bertz CT molecular complexity index is 184. The first-order chi connectivity index (χ1) is 9.06. The van der Waals surface area contributed by atoms with Crippen LogP contribution in [0.4, 0.5) is 0 Å². The van der Waals surface area contributed by atoms with Crippen molar-refractivity contribution in [1.82, 2.24) is 0 Å². The molecule has 0 aromatic heterocycles. The Morgan fingerprint density at radius 2 is 1.10 bits per heavy atom. The van der Waals surface area contributed by atoms with Crippen LogP contribution in [0.15, 0.2) is 0 Å². The Hall–Kier alpha value is 0.170. The number of halogens is 1. The first-order valence-corrected chi connectivity index (χ1v) is 8.44. The number of hydrogen-bond acceptors (Lipinski definition) is 1. The Morgan fingerprint density at radius 3 is 1.52 bits per heavy atom. The molecule has 0 atom stereocenters. The van der Waals surface area contributed by atoms with Gasteiger partial charge in [-0.15, -0.1) is 0 Å². The molecule has 0 fully saturated rings. The number of nitrogens with zero attached hydrogens (tertiary/aromatic N) is 1. The topological polar surface area (TPSA) is 40.7 Å². The maximum Gasteiger partial charge on any atom is 0.102 e. The van der Waals surface area contributed by atoms with Gasteiger partial charge in [-0.05, 0) is 6.42 Å². The van der Waals surface area contributed by atoms with Crippen molar-refractivity contribution >= 4 is 0 Å². The van der Waals surface area contributed by atoms with E-state index in [-0.39, 0.29) is 17.9 Å². The monoisotopic (exact) mass is 325 g/mol. The minimum Gasteiger partial charge on any atom is -1.00 e. The molecule has 0 heterocycles. The van der Waals surface area contributed by atoms with Gasteiger partial charge in [-0.1, -0.05) is 64.7 Å². The summed E-state index contributed by atoms with van der Waals surface area (Å²) in [5.41, 5.74) is 0. The second kappa shape index (κ2) is 18.2. The SMILES string of the molecule is CCCCCCCCCCCCOCC[N+](C)(C)C.O.[Cl-]. The van der Waals surface area contributed by atoms with Gasteiger partial charge in [0.2, 0.25) is 0 Å². The van der Waals surface area contributed by atoms with Crippen molar-refractivity contribution in [2.24, 2.45) is 0 Å². The summed E-state index contributed by atoms with van der Waals surface area (Å²) < 4.78 is 6.66. The Labute approximate surface area is 139 Å². The molecule has 3 nitrogen and oxygen atoms in total. The number of unbranched alkanes of at least 4 members (excludes halogenated alkanes) is 9. The fourth-order valence-corrected chi connectivity index (χ4v) is 2.13. The largest absolute Gasteiger partial charge is 1.00 e. The van der Waals surface area contributed by atoms with Crippen LogP contribution in [0, 0.1) is 0 Å². The summed E-state index contributed by atoms with van der Waals surface area (Å²) in [6.07, 6.45) is 14.0. The third kappa shape index (κ3) is 25.5. The van der Waals surface area contributed by atoms with Crippen molar-refractivity contribution < 1.29 is 27.1 Å². The molecule has 4 heteroatoms. The summed E-state index contributed by atoms with van der Waals surface area (Å²) in [5, 5.41) is 0. The lowest BCUT2D eigenvalue weighted by Gasteiger charge is -2.23. The molecule has 0 aromatic carbocycles. The van der Waals surface area contributed by atoms with Crippen LogP contribution in [-0.4, -0.2) is 50.9 Å². The molecule has 0 saturated carbocycles. The van der Waals surface area contributed by atoms with Crippen LogP contribution in [0.25, 0.3) is 0 Å². The number of hydrogen-bond donors (Lipinski definition) is 0. The second-order valence-corrected chi connectivity index (χ2v) is 6.81. The number of likely N-dealkylation sites (N-methyl/N-ethyl adjacent to an activating group) is 1. The van der Waals surface area contributed by atoms with Crippen LogP contribution in [0.5, 0.6) is 0 Å². The van der Waals surface area contributed by atoms with Crippen LogP contribution in [0.1, 0.15) is 71.1 Å². The normalized spacial score (nSPS) is 10.9. The number of ether oxygens (including phenoxy) is 1. The van der Waals surface area contributed by atoms with Gasteiger partial charge in [0.25, 0.3) is 0 Å². The first-order valence-electron chi connectivity index (χ1n) is 8.44. The maximum absolute atomic E-state index is 5.67. The highest BCUT2D eigenvalue weighted by molar-refractivity contribution is 4.47. The molecule has 0 bridgehead atoms. The molecule has 132 valence electrons. The van der Waals surface area contributed by atoms with Gasteiger partial charge in [0, 0.05) is 6.61 Å². The summed E-state index contributed by atoms with van der Waals surface area (Å²) in [7, 11) is 6.64. The fourth-order valence-electron chi connectivity index (χ4n) is 2.13. The molecule has 0 aromatic rings. The van der Waals surface area contributed by atoms with E-state index in [1.54, 1.807) is 0 Å². The third-order valence-corrected chi connectivity index (χ3v) is 3.55. The number of quaternary nitrogens is 1. The summed E-state index contributed by atoms with van der Waals surface area (Å²) in [4.78, 5) is 0. The molecule has 0 aliphatic carbocycles. The molecule has 0 amide bonds. The lowest BCUT2D eigenvalue weighted by molar-refractivity contribution is -0.870. The summed E-state index contributed by atoms with van der Waals surface area (Å²) >= 11 is 0. The molecule has 2 N–H and O–H groups in total. The van der Waals surface area contributed by atoms with E-state index in [0.717, 1.165) is 24.2 Å². The fraction of sp³-hybridized carbons (Fsp3) is 1.00. The smallest absolute Gasteiger partial charge is 0.102 e. The van der Waals surface area contributed by atoms with Crippen molar-refractivity contribution in [1.29, 1.82) is 0 Å². The average molecular weight is 326 g/mol. The maximum atomic E-state index is 5.67. The van der Waals surface area contributed by atoms with Crippen LogP contribution >= 0.6 is 0 Å². The number of rotatable bonds is 14. The van der Waals surface area contributed by atoms with Gasteiger partial charge in [0.1, 0.15) is 6.54 Å². The van der Waals surface area contributed by atoms with E-state index < -0.39 is 0 Å². The van der Waals surface area contributed by atoms with Gasteiger partial charge in [-0.2, -0.15) is 0 Å². The zero-order valence-corrected chi connectivity index (χ0v) is 15.7. The summed E-state index contributed by atoms with van der Waals surface area (Å²) in [5.74, 6) is 0. The van der Waals surface area contributed by atoms with Gasteiger partial charge < -0.3 is 27.1 Å². The predicted octanol–water partition coefficient (Wildman–Crippen LogP) is 0.809. The van der Waals surface area contributed by atoms with E-state index >= 15 is 0 Å². The first kappa shape index (κ1) is 26.1. The van der Waals surface area contributed by atoms with Crippen molar-refractivity contribution in [3.63, 3.8) is 0 Å². The zero-order chi connectivity index (χ0) is 14.4. The molecule has 0 rings (SSSR count). The van der Waals surface area contributed by atoms with Crippen LogP contribution in [0.3, 0.4) is 0 Å². The summed E-state index contributed by atoms with van der Waals surface area (Å²) in [6.45, 7) is 5.25. The minimum absolute atomic E-state index is 0. The highest BCUT2D eigenvalue weighted by Crippen LogP contribution is 2.10. The molecular weight excluding hydrogens is 286 g/mol. The van der Waals surface area contributed by atoms with E-state index in [1.165, 1.54) is 64.2 Å². The summed E-state index contributed by atoms with van der Waals surface area (Å²) in [6, 6.07) is 0. The van der Waals surface area contributed by atoms with Gasteiger partial charge in [-0.3, -0.25) is 0 Å². The van der Waals surface area contributed by atoms with Crippen LogP contribution in [0.2, 0.25) is 0 Å². The molecule has 21 heavy (non-hydrogen) atoms. The highest BCUT2D eigenvalue weighted by Gasteiger charge is 2.05. The molecule has 0 saturated heterocycles. The van der Waals surface area contributed by atoms with Crippen LogP contribution < -0.4 is 12.4 Å². The van der Waals surface area contributed by atoms with E-state index in [4.69, 9.17) is 4.74 Å².